The monoisotopic (exact) mass is 300 g/mol. The maximum atomic E-state index is 4.69. The fourth-order valence-corrected chi connectivity index (χ4v) is 2.44. The van der Waals surface area contributed by atoms with Crippen LogP contribution in [0.2, 0.25) is 0 Å². The molecule has 0 saturated carbocycles. The highest BCUT2D eigenvalue weighted by Crippen LogP contribution is 2.24. The summed E-state index contributed by atoms with van der Waals surface area (Å²) in [6.45, 7) is 0. The second kappa shape index (κ2) is 7.95. The van der Waals surface area contributed by atoms with Gasteiger partial charge in [-0.3, -0.25) is 0 Å². The van der Waals surface area contributed by atoms with Crippen molar-refractivity contribution in [3.05, 3.63) is 96.6 Å². The van der Waals surface area contributed by atoms with Gasteiger partial charge in [-0.2, -0.15) is 5.10 Å². The molecule has 0 aliphatic carbocycles. The summed E-state index contributed by atoms with van der Waals surface area (Å²) in [6.07, 6.45) is 3.91. The molecular weight excluding hydrogens is 280 g/mol. The Morgan fingerprint density at radius 1 is 0.652 bits per heavy atom. The van der Waals surface area contributed by atoms with Crippen molar-refractivity contribution in [2.75, 3.05) is 5.01 Å². The number of nitrogens with zero attached hydrogens (tertiary/aromatic N) is 2. The topological polar surface area (TPSA) is 15.6 Å². The molecule has 0 radical (unpaired) electrons. The van der Waals surface area contributed by atoms with Gasteiger partial charge in [0.15, 0.2) is 0 Å². The van der Waals surface area contributed by atoms with Crippen LogP contribution in [-0.4, -0.2) is 6.21 Å². The lowest BCUT2D eigenvalue weighted by Crippen LogP contribution is -2.09. The third-order valence-corrected chi connectivity index (χ3v) is 3.60. The van der Waals surface area contributed by atoms with Gasteiger partial charge in [-0.05, 0) is 42.7 Å². The minimum Gasteiger partial charge on any atom is -0.234 e. The summed E-state index contributed by atoms with van der Waals surface area (Å²) in [5.41, 5.74) is 3.47. The molecule has 3 aromatic carbocycles. The van der Waals surface area contributed by atoms with Crippen molar-refractivity contribution >= 4 is 17.6 Å². The number of para-hydroxylation sites is 2. The molecule has 23 heavy (non-hydrogen) atoms. The van der Waals surface area contributed by atoms with E-state index in [1.165, 1.54) is 5.56 Å². The van der Waals surface area contributed by atoms with Crippen molar-refractivity contribution in [3.8, 4) is 0 Å². The highest BCUT2D eigenvalue weighted by molar-refractivity contribution is 5.67. The molecule has 0 aliphatic heterocycles. The third-order valence-electron chi connectivity index (χ3n) is 3.60. The van der Waals surface area contributed by atoms with E-state index in [-0.39, 0.29) is 0 Å². The Morgan fingerprint density at radius 2 is 1.13 bits per heavy atom. The summed E-state index contributed by atoms with van der Waals surface area (Å²) < 4.78 is 0. The smallest absolute Gasteiger partial charge is 0.0652 e. The fraction of sp³-hybridized carbons (Fsp3) is 0.0952. The van der Waals surface area contributed by atoms with Crippen molar-refractivity contribution in [1.82, 2.24) is 0 Å². The summed E-state index contributed by atoms with van der Waals surface area (Å²) in [5.74, 6) is 0. The predicted octanol–water partition coefficient (Wildman–Crippen LogP) is 5.44. The second-order valence-corrected chi connectivity index (χ2v) is 5.31. The van der Waals surface area contributed by atoms with Crippen LogP contribution < -0.4 is 5.01 Å². The lowest BCUT2D eigenvalue weighted by atomic mass is 10.1. The van der Waals surface area contributed by atoms with Crippen LogP contribution in [0.15, 0.2) is 96.1 Å². The van der Waals surface area contributed by atoms with E-state index < -0.39 is 0 Å². The van der Waals surface area contributed by atoms with Gasteiger partial charge >= 0.3 is 0 Å². The summed E-state index contributed by atoms with van der Waals surface area (Å²) in [4.78, 5) is 0. The largest absolute Gasteiger partial charge is 0.234 e. The van der Waals surface area contributed by atoms with Crippen LogP contribution in [0.5, 0.6) is 0 Å². The molecule has 0 aliphatic rings. The number of benzene rings is 3. The molecule has 114 valence electrons. The molecule has 0 unspecified atom stereocenters. The highest BCUT2D eigenvalue weighted by atomic mass is 15.5. The molecule has 0 spiro atoms. The Bertz CT molecular complexity index is 682. The zero-order valence-corrected chi connectivity index (χ0v) is 13.0. The van der Waals surface area contributed by atoms with Crippen molar-refractivity contribution in [1.29, 1.82) is 0 Å². The van der Waals surface area contributed by atoms with Crippen molar-refractivity contribution in [2.24, 2.45) is 5.10 Å². The molecular formula is C21H20N2. The highest BCUT2D eigenvalue weighted by Gasteiger charge is 2.05. The van der Waals surface area contributed by atoms with Gasteiger partial charge in [0.25, 0.3) is 0 Å². The average Bonchev–Trinajstić information content (AvgIpc) is 2.64. The number of anilines is 2. The number of aryl methyl sites for hydroxylation is 1. The van der Waals surface area contributed by atoms with Crippen molar-refractivity contribution in [3.63, 3.8) is 0 Å². The lowest BCUT2D eigenvalue weighted by Gasteiger charge is -2.19. The molecule has 2 heteroatoms. The SMILES string of the molecule is C(CCc1ccccc1)=NN(c1ccccc1)c1ccccc1. The zero-order valence-electron chi connectivity index (χ0n) is 13.0. The van der Waals surface area contributed by atoms with Gasteiger partial charge in [0.05, 0.1) is 11.4 Å². The van der Waals surface area contributed by atoms with Crippen LogP contribution in [0.4, 0.5) is 11.4 Å². The zero-order chi connectivity index (χ0) is 15.7. The van der Waals surface area contributed by atoms with Crippen molar-refractivity contribution in [2.45, 2.75) is 12.8 Å². The first-order valence-corrected chi connectivity index (χ1v) is 7.90. The van der Waals surface area contributed by atoms with Crippen LogP contribution in [0.25, 0.3) is 0 Å². The normalized spacial score (nSPS) is 10.8. The van der Waals surface area contributed by atoms with E-state index in [1.807, 2.05) is 53.7 Å². The minimum atomic E-state index is 0.917. The molecule has 2 nitrogen and oxygen atoms in total. The first kappa shape index (κ1) is 15.0. The molecule has 0 aromatic heterocycles. The van der Waals surface area contributed by atoms with Crippen LogP contribution >= 0.6 is 0 Å². The standard InChI is InChI=1S/C21H20N2/c1-4-11-19(12-5-1)13-10-18-22-23(20-14-6-2-7-15-20)21-16-8-3-9-17-21/h1-9,11-12,14-18H,10,13H2. The number of hydrogen-bond donors (Lipinski definition) is 0. The van der Waals surface area contributed by atoms with Gasteiger partial charge in [-0.1, -0.05) is 66.7 Å². The molecule has 0 N–H and O–H groups in total. The maximum Gasteiger partial charge on any atom is 0.0652 e. The number of hydrazone groups is 1. The quantitative estimate of drug-likeness (QED) is 0.437. The van der Waals surface area contributed by atoms with E-state index >= 15 is 0 Å². The van der Waals surface area contributed by atoms with E-state index in [4.69, 9.17) is 0 Å². The Balaban J connectivity index is 1.73. The summed E-state index contributed by atoms with van der Waals surface area (Å²) >= 11 is 0. The molecule has 0 saturated heterocycles. The molecule has 0 bridgehead atoms. The predicted molar refractivity (Wildman–Crippen MR) is 98.3 cm³/mol. The minimum absolute atomic E-state index is 0.917. The lowest BCUT2D eigenvalue weighted by molar-refractivity contribution is 1.02. The van der Waals surface area contributed by atoms with E-state index in [9.17, 15) is 0 Å². The third kappa shape index (κ3) is 4.30. The van der Waals surface area contributed by atoms with E-state index in [2.05, 4.69) is 53.6 Å². The average molecular weight is 300 g/mol. The Kier molecular flexibility index (Phi) is 5.20. The summed E-state index contributed by atoms with van der Waals surface area (Å²) in [5, 5.41) is 6.66. The van der Waals surface area contributed by atoms with Gasteiger partial charge < -0.3 is 0 Å². The van der Waals surface area contributed by atoms with Gasteiger partial charge in [-0.25, -0.2) is 5.01 Å². The summed E-state index contributed by atoms with van der Waals surface area (Å²) in [7, 11) is 0. The van der Waals surface area contributed by atoms with Crippen LogP contribution in [0, 0.1) is 0 Å². The number of rotatable bonds is 6. The van der Waals surface area contributed by atoms with Gasteiger partial charge in [0.1, 0.15) is 0 Å². The Morgan fingerprint density at radius 3 is 1.65 bits per heavy atom. The van der Waals surface area contributed by atoms with Crippen LogP contribution in [-0.2, 0) is 6.42 Å². The Hall–Kier alpha value is -2.87. The van der Waals surface area contributed by atoms with E-state index in [0.717, 1.165) is 24.2 Å². The summed E-state index contributed by atoms with van der Waals surface area (Å²) in [6, 6.07) is 31.0. The van der Waals surface area contributed by atoms with E-state index in [1.54, 1.807) is 0 Å². The van der Waals surface area contributed by atoms with E-state index in [0.29, 0.717) is 0 Å². The second-order valence-electron chi connectivity index (χ2n) is 5.31. The van der Waals surface area contributed by atoms with Crippen molar-refractivity contribution < 1.29 is 0 Å². The molecule has 0 amide bonds. The fourth-order valence-electron chi connectivity index (χ4n) is 2.44. The molecule has 0 fully saturated rings. The van der Waals surface area contributed by atoms with Crippen LogP contribution in [0.1, 0.15) is 12.0 Å². The maximum absolute atomic E-state index is 4.69. The molecule has 3 rings (SSSR count). The first-order chi connectivity index (χ1) is 11.4. The first-order valence-electron chi connectivity index (χ1n) is 7.90. The molecule has 0 atom stereocenters. The number of hydrogen-bond acceptors (Lipinski definition) is 2. The van der Waals surface area contributed by atoms with Crippen LogP contribution in [0.3, 0.4) is 0 Å². The Labute approximate surface area is 137 Å². The van der Waals surface area contributed by atoms with Gasteiger partial charge in [0.2, 0.25) is 0 Å². The molecule has 3 aromatic rings. The molecule has 0 heterocycles. The van der Waals surface area contributed by atoms with Gasteiger partial charge in [-0.15, -0.1) is 0 Å². The van der Waals surface area contributed by atoms with Gasteiger partial charge in [0, 0.05) is 6.21 Å².